The zero-order valence-corrected chi connectivity index (χ0v) is 38.6. The average molecular weight is 928 g/mol. The van der Waals surface area contributed by atoms with Crippen LogP contribution in [0.1, 0.15) is 54.4 Å². The molecule has 0 saturated carbocycles. The first-order valence-corrected chi connectivity index (χ1v) is 27.6. The van der Waals surface area contributed by atoms with E-state index in [0.29, 0.717) is 26.4 Å². The van der Waals surface area contributed by atoms with Crippen LogP contribution >= 0.6 is 34.9 Å². The molecule has 0 heterocycles. The van der Waals surface area contributed by atoms with Gasteiger partial charge in [-0.15, -0.1) is 0 Å². The number of rotatable bonds is 22. The molecule has 2 unspecified atom stereocenters. The normalized spacial score (nSPS) is 12.4. The van der Waals surface area contributed by atoms with E-state index in [1.165, 1.54) is 21.2 Å². The first-order chi connectivity index (χ1) is 25.9. The van der Waals surface area contributed by atoms with Gasteiger partial charge in [-0.05, 0) is 104 Å². The van der Waals surface area contributed by atoms with Crippen molar-refractivity contribution < 1.29 is 42.5 Å². The fraction of sp³-hybridized carbons (Fsp3) is 0.400. The molecule has 4 rings (SSSR count). The quantitative estimate of drug-likeness (QED) is 0.0579. The van der Waals surface area contributed by atoms with Crippen molar-refractivity contribution >= 4 is 75.2 Å². The van der Waals surface area contributed by atoms with E-state index in [0.717, 1.165) is 25.2 Å². The summed E-state index contributed by atoms with van der Waals surface area (Å²) < 4.78 is 34.4. The minimum absolute atomic E-state index is 0.106. The second-order valence-electron chi connectivity index (χ2n) is 11.4. The molecule has 0 saturated heterocycles. The molecule has 0 amide bonds. The van der Waals surface area contributed by atoms with Crippen LogP contribution in [0.4, 0.5) is 0 Å². The van der Waals surface area contributed by atoms with Crippen LogP contribution < -0.4 is 21.2 Å². The predicted octanol–water partition coefficient (Wildman–Crippen LogP) is 9.32. The third kappa shape index (κ3) is 20.8. The van der Waals surface area contributed by atoms with E-state index < -0.39 is 19.1 Å². The fourth-order valence-corrected chi connectivity index (χ4v) is 12.3. The van der Waals surface area contributed by atoms with Gasteiger partial charge in [0.15, 0.2) is 0 Å². The van der Waals surface area contributed by atoms with Gasteiger partial charge >= 0.3 is 54.1 Å². The van der Waals surface area contributed by atoms with E-state index in [1.54, 1.807) is 0 Å². The molecule has 0 aromatic heterocycles. The summed E-state index contributed by atoms with van der Waals surface area (Å²) in [6.45, 7) is 14.6. The Hall–Kier alpha value is -0.824. The third-order valence-electron chi connectivity index (χ3n) is 7.43. The van der Waals surface area contributed by atoms with Crippen molar-refractivity contribution in [2.24, 2.45) is 0 Å². The van der Waals surface area contributed by atoms with Crippen LogP contribution in [-0.2, 0) is 42.5 Å². The predicted molar refractivity (Wildman–Crippen MR) is 228 cm³/mol. The number of benzene rings is 4. The maximum absolute atomic E-state index is 6.02. The first kappa shape index (κ1) is 48.3. The van der Waals surface area contributed by atoms with Crippen LogP contribution in [0.5, 0.6) is 0 Å². The third-order valence-corrected chi connectivity index (χ3v) is 15.8. The van der Waals surface area contributed by atoms with Crippen LogP contribution in [0.3, 0.4) is 0 Å². The van der Waals surface area contributed by atoms with E-state index in [4.69, 9.17) is 45.6 Å². The summed E-state index contributed by atoms with van der Waals surface area (Å²) in [6, 6.07) is 43.2. The molecule has 13 heteroatoms. The van der Waals surface area contributed by atoms with Gasteiger partial charge in [0.05, 0.1) is 0 Å². The van der Waals surface area contributed by atoms with Crippen molar-refractivity contribution in [1.82, 2.24) is 0 Å². The second-order valence-corrected chi connectivity index (χ2v) is 21.0. The monoisotopic (exact) mass is 926 g/mol. The number of hydrogen-bond donors (Lipinski definition) is 0. The Morgan fingerprint density at radius 1 is 0.472 bits per heavy atom. The van der Waals surface area contributed by atoms with Crippen LogP contribution in [0.2, 0.25) is 0 Å². The molecule has 0 aliphatic heterocycles. The van der Waals surface area contributed by atoms with Crippen molar-refractivity contribution in [3.8, 4) is 0 Å². The van der Waals surface area contributed by atoms with E-state index >= 15 is 0 Å². The fourth-order valence-electron chi connectivity index (χ4n) is 5.01. The van der Waals surface area contributed by atoms with Crippen molar-refractivity contribution in [3.63, 3.8) is 0 Å². The molecule has 0 fully saturated rings. The average Bonchev–Trinajstić information content (AvgIpc) is 3.18. The summed E-state index contributed by atoms with van der Waals surface area (Å²) >= 11 is -0.106. The van der Waals surface area contributed by atoms with Gasteiger partial charge in [-0.2, -0.15) is 0 Å². The zero-order valence-electron chi connectivity index (χ0n) is 31.8. The van der Waals surface area contributed by atoms with Crippen LogP contribution in [0.25, 0.3) is 0 Å². The Kier molecular flexibility index (Phi) is 28.5. The summed E-state index contributed by atoms with van der Waals surface area (Å²) in [5, 5.41) is 5.65. The molecule has 0 aliphatic rings. The molecule has 4 aromatic rings. The molecule has 0 N–H and O–H groups in total. The molecular weight excluding hydrogens is 872 g/mol. The molecule has 0 bridgehead atoms. The van der Waals surface area contributed by atoms with Crippen LogP contribution in [0, 0.1) is 0 Å². The summed E-state index contributed by atoms with van der Waals surface area (Å²) in [5.74, 6) is 0. The van der Waals surface area contributed by atoms with E-state index in [-0.39, 0.29) is 44.0 Å². The van der Waals surface area contributed by atoms with Crippen molar-refractivity contribution in [3.05, 3.63) is 121 Å². The van der Waals surface area contributed by atoms with Gasteiger partial charge in [0, 0.05) is 38.6 Å². The van der Waals surface area contributed by atoms with Gasteiger partial charge in [0.25, 0.3) is 0 Å². The Balaban J connectivity index is 0.000000341. The molecule has 0 spiro atoms. The van der Waals surface area contributed by atoms with E-state index in [9.17, 15) is 0 Å². The minimum atomic E-state index is -1.61. The molecule has 6 nitrogen and oxygen atoms in total. The van der Waals surface area contributed by atoms with Crippen molar-refractivity contribution in [1.29, 1.82) is 0 Å². The number of halogens is 2. The van der Waals surface area contributed by atoms with Gasteiger partial charge in [0.1, 0.15) is 0 Å². The summed E-state index contributed by atoms with van der Waals surface area (Å²) in [7, 11) is 5.65. The van der Waals surface area contributed by atoms with Gasteiger partial charge in [0.2, 0.25) is 0 Å². The molecule has 53 heavy (non-hydrogen) atoms. The first-order valence-electron chi connectivity index (χ1n) is 18.1. The number of hydrogen-bond acceptors (Lipinski definition) is 6. The van der Waals surface area contributed by atoms with Crippen LogP contribution in [-0.4, -0.2) is 70.0 Å². The standard InChI is InChI=1S/2C20H28O3PSi.2ClH.Pd/c2*1-4-21-25(22-5-2)23-18(3)16-17-24(19-12-8-6-9-13-19)20-14-10-7-11-15-20;;;/h2*6-15,18H,4-5,16-17H2,1-3H3;2*1H;/q;;;;+2/p-2. The second kappa shape index (κ2) is 31.3. The molecule has 4 aromatic carbocycles. The van der Waals surface area contributed by atoms with Crippen molar-refractivity contribution in [2.75, 3.05) is 38.8 Å². The zero-order chi connectivity index (χ0) is 38.5. The topological polar surface area (TPSA) is 55.4 Å². The summed E-state index contributed by atoms with van der Waals surface area (Å²) in [5.41, 5.74) is 0. The molecule has 2 radical (unpaired) electrons. The van der Waals surface area contributed by atoms with Gasteiger partial charge in [-0.3, -0.25) is 0 Å². The maximum atomic E-state index is 6.02. The SMILES string of the molecule is CCO[Si](OCC)OC(C)CCP(c1ccccc1)c1ccccc1.CCO[Si](OCC)OC(C)CCP(c1ccccc1)c1ccccc1.[Cl][Pd][Cl]. The Bertz CT molecular complexity index is 1220. The van der Waals surface area contributed by atoms with Crippen molar-refractivity contribution in [2.45, 2.75) is 66.6 Å². The Morgan fingerprint density at radius 3 is 0.906 bits per heavy atom. The van der Waals surface area contributed by atoms with E-state index in [2.05, 4.69) is 135 Å². The molecule has 2 atom stereocenters. The molecule has 294 valence electrons. The van der Waals surface area contributed by atoms with E-state index in [1.807, 2.05) is 27.7 Å². The Labute approximate surface area is 342 Å². The van der Waals surface area contributed by atoms with Crippen LogP contribution in [0.15, 0.2) is 121 Å². The molecule has 0 aliphatic carbocycles. The molecular formula is C40H56Cl2O6P2PdSi2. The summed E-state index contributed by atoms with van der Waals surface area (Å²) in [4.78, 5) is 0. The Morgan fingerprint density at radius 2 is 0.698 bits per heavy atom. The van der Waals surface area contributed by atoms with Gasteiger partial charge < -0.3 is 26.6 Å². The van der Waals surface area contributed by atoms with Gasteiger partial charge in [-0.1, -0.05) is 121 Å². The van der Waals surface area contributed by atoms with Gasteiger partial charge in [-0.25, -0.2) is 0 Å². The summed E-state index contributed by atoms with van der Waals surface area (Å²) in [6.07, 6.45) is 4.43.